The van der Waals surface area contributed by atoms with Crippen LogP contribution >= 0.6 is 31.9 Å². The summed E-state index contributed by atoms with van der Waals surface area (Å²) in [6, 6.07) is 5.36. The minimum atomic E-state index is -0.857. The SMILES string of the molecule is CC(C)(C)OC(=O)CC(O)c1ccc(Br)c(Br)c1. The Bertz CT molecular complexity index is 438. The van der Waals surface area contributed by atoms with Crippen molar-refractivity contribution in [3.8, 4) is 0 Å². The van der Waals surface area contributed by atoms with Gasteiger partial charge in [-0.15, -0.1) is 0 Å². The van der Waals surface area contributed by atoms with Gasteiger partial charge in [-0.25, -0.2) is 0 Å². The van der Waals surface area contributed by atoms with Gasteiger partial charge in [-0.1, -0.05) is 6.07 Å². The molecule has 1 aromatic carbocycles. The molecule has 1 atom stereocenters. The van der Waals surface area contributed by atoms with Gasteiger partial charge in [0.05, 0.1) is 12.5 Å². The quantitative estimate of drug-likeness (QED) is 0.808. The standard InChI is InChI=1S/C13H16Br2O3/c1-13(2,3)18-12(17)7-11(16)8-4-5-9(14)10(15)6-8/h4-6,11,16H,7H2,1-3H3. The number of esters is 1. The van der Waals surface area contributed by atoms with E-state index in [-0.39, 0.29) is 6.42 Å². The van der Waals surface area contributed by atoms with Crippen molar-refractivity contribution in [1.29, 1.82) is 0 Å². The molecule has 5 heteroatoms. The summed E-state index contributed by atoms with van der Waals surface area (Å²) in [6.07, 6.45) is -0.907. The van der Waals surface area contributed by atoms with E-state index in [2.05, 4.69) is 31.9 Å². The van der Waals surface area contributed by atoms with Crippen LogP contribution in [0.4, 0.5) is 0 Å². The van der Waals surface area contributed by atoms with Crippen molar-refractivity contribution >= 4 is 37.8 Å². The first kappa shape index (κ1) is 15.7. The topological polar surface area (TPSA) is 46.5 Å². The average Bonchev–Trinajstić information content (AvgIpc) is 2.18. The molecule has 1 N–H and O–H groups in total. The summed E-state index contributed by atoms with van der Waals surface area (Å²) in [7, 11) is 0. The first-order valence-corrected chi connectivity index (χ1v) is 7.12. The van der Waals surface area contributed by atoms with E-state index < -0.39 is 17.7 Å². The number of aliphatic hydroxyl groups excluding tert-OH is 1. The van der Waals surface area contributed by atoms with Gasteiger partial charge in [-0.2, -0.15) is 0 Å². The third-order valence-corrected chi connectivity index (χ3v) is 3.99. The third-order valence-electron chi connectivity index (χ3n) is 2.11. The van der Waals surface area contributed by atoms with Gasteiger partial charge < -0.3 is 9.84 Å². The average molecular weight is 380 g/mol. The smallest absolute Gasteiger partial charge is 0.309 e. The zero-order chi connectivity index (χ0) is 13.9. The van der Waals surface area contributed by atoms with Gasteiger partial charge in [0.15, 0.2) is 0 Å². The molecule has 0 saturated heterocycles. The van der Waals surface area contributed by atoms with Gasteiger partial charge in [0.25, 0.3) is 0 Å². The Morgan fingerprint density at radius 3 is 2.44 bits per heavy atom. The second-order valence-electron chi connectivity index (χ2n) is 4.98. The van der Waals surface area contributed by atoms with E-state index in [1.165, 1.54) is 0 Å². The van der Waals surface area contributed by atoms with Crippen LogP contribution in [0.15, 0.2) is 27.1 Å². The molecule has 0 amide bonds. The Morgan fingerprint density at radius 1 is 1.33 bits per heavy atom. The van der Waals surface area contributed by atoms with E-state index in [9.17, 15) is 9.90 Å². The molecule has 0 aromatic heterocycles. The maximum Gasteiger partial charge on any atom is 0.309 e. The summed E-state index contributed by atoms with van der Waals surface area (Å²) < 4.78 is 6.90. The lowest BCUT2D eigenvalue weighted by atomic mass is 10.1. The Balaban J connectivity index is 2.68. The molecule has 0 aliphatic heterocycles. The molecule has 0 aliphatic rings. The Kier molecular flexibility index (Phi) is 5.37. The first-order valence-electron chi connectivity index (χ1n) is 5.54. The van der Waals surface area contributed by atoms with E-state index in [0.717, 1.165) is 8.95 Å². The molecule has 0 aliphatic carbocycles. The molecule has 0 bridgehead atoms. The zero-order valence-corrected chi connectivity index (χ0v) is 13.7. The number of hydrogen-bond acceptors (Lipinski definition) is 3. The van der Waals surface area contributed by atoms with Crippen molar-refractivity contribution in [3.05, 3.63) is 32.7 Å². The van der Waals surface area contributed by atoms with Crippen molar-refractivity contribution in [1.82, 2.24) is 0 Å². The number of ether oxygens (including phenoxy) is 1. The third kappa shape index (κ3) is 5.08. The lowest BCUT2D eigenvalue weighted by Gasteiger charge is -2.20. The van der Waals surface area contributed by atoms with Crippen molar-refractivity contribution in [2.75, 3.05) is 0 Å². The first-order chi connectivity index (χ1) is 8.19. The van der Waals surface area contributed by atoms with Crippen LogP contribution in [0.3, 0.4) is 0 Å². The summed E-state index contributed by atoms with van der Waals surface area (Å²) in [4.78, 5) is 11.6. The molecule has 100 valence electrons. The van der Waals surface area contributed by atoms with Crippen LogP contribution in [0.25, 0.3) is 0 Å². The lowest BCUT2D eigenvalue weighted by molar-refractivity contribution is -0.157. The highest BCUT2D eigenvalue weighted by molar-refractivity contribution is 9.13. The summed E-state index contributed by atoms with van der Waals surface area (Å²) in [5.41, 5.74) is 0.146. The molecule has 18 heavy (non-hydrogen) atoms. The van der Waals surface area contributed by atoms with Crippen molar-refractivity contribution in [3.63, 3.8) is 0 Å². The second-order valence-corrected chi connectivity index (χ2v) is 6.69. The van der Waals surface area contributed by atoms with Gasteiger partial charge in [-0.05, 0) is 70.3 Å². The van der Waals surface area contributed by atoms with E-state index in [1.54, 1.807) is 32.9 Å². The van der Waals surface area contributed by atoms with Crippen LogP contribution in [0.1, 0.15) is 38.9 Å². The van der Waals surface area contributed by atoms with Crippen LogP contribution in [0.2, 0.25) is 0 Å². The maximum atomic E-state index is 11.6. The monoisotopic (exact) mass is 378 g/mol. The summed E-state index contributed by atoms with van der Waals surface area (Å²) in [5.74, 6) is -0.408. The fourth-order valence-electron chi connectivity index (χ4n) is 1.38. The summed E-state index contributed by atoms with van der Waals surface area (Å²) >= 11 is 6.70. The van der Waals surface area contributed by atoms with Gasteiger partial charge in [0.2, 0.25) is 0 Å². The van der Waals surface area contributed by atoms with Crippen molar-refractivity contribution in [2.45, 2.75) is 38.9 Å². The van der Waals surface area contributed by atoms with Crippen molar-refractivity contribution < 1.29 is 14.6 Å². The Labute approximate surface area is 124 Å². The highest BCUT2D eigenvalue weighted by Gasteiger charge is 2.20. The zero-order valence-electron chi connectivity index (χ0n) is 10.5. The Hall–Kier alpha value is -0.390. The largest absolute Gasteiger partial charge is 0.460 e. The van der Waals surface area contributed by atoms with E-state index in [4.69, 9.17) is 4.74 Å². The molecule has 0 fully saturated rings. The maximum absolute atomic E-state index is 11.6. The molecule has 0 saturated carbocycles. The molecule has 1 rings (SSSR count). The Morgan fingerprint density at radius 2 is 1.94 bits per heavy atom. The number of hydrogen-bond donors (Lipinski definition) is 1. The molecule has 1 unspecified atom stereocenters. The van der Waals surface area contributed by atoms with Gasteiger partial charge >= 0.3 is 5.97 Å². The lowest BCUT2D eigenvalue weighted by Crippen LogP contribution is -2.24. The number of carbonyl (C=O) groups is 1. The van der Waals surface area contributed by atoms with Gasteiger partial charge in [-0.3, -0.25) is 4.79 Å². The normalized spacial score (nSPS) is 13.2. The minimum absolute atomic E-state index is 0.0503. The summed E-state index contributed by atoms with van der Waals surface area (Å²) in [6.45, 7) is 5.40. The van der Waals surface area contributed by atoms with Crippen LogP contribution in [-0.4, -0.2) is 16.7 Å². The van der Waals surface area contributed by atoms with E-state index in [0.29, 0.717) is 5.56 Å². The predicted molar refractivity (Wildman–Crippen MR) is 77.3 cm³/mol. The molecule has 3 nitrogen and oxygen atoms in total. The highest BCUT2D eigenvalue weighted by atomic mass is 79.9. The van der Waals surface area contributed by atoms with Gasteiger partial charge in [0.1, 0.15) is 5.60 Å². The molecular weight excluding hydrogens is 364 g/mol. The highest BCUT2D eigenvalue weighted by Crippen LogP contribution is 2.28. The molecule has 0 spiro atoms. The number of rotatable bonds is 3. The fraction of sp³-hybridized carbons (Fsp3) is 0.462. The fourth-order valence-corrected chi connectivity index (χ4v) is 2.02. The van der Waals surface area contributed by atoms with Crippen molar-refractivity contribution in [2.24, 2.45) is 0 Å². The molecule has 1 aromatic rings. The number of aliphatic hydroxyl groups is 1. The predicted octanol–water partition coefficient (Wildman–Crippen LogP) is 3.98. The van der Waals surface area contributed by atoms with Crippen LogP contribution in [-0.2, 0) is 9.53 Å². The van der Waals surface area contributed by atoms with E-state index in [1.807, 2.05) is 6.07 Å². The van der Waals surface area contributed by atoms with Crippen LogP contribution in [0, 0.1) is 0 Å². The van der Waals surface area contributed by atoms with Gasteiger partial charge in [0, 0.05) is 8.95 Å². The number of halogens is 2. The molecule has 0 radical (unpaired) electrons. The second kappa shape index (κ2) is 6.17. The number of carbonyl (C=O) groups excluding carboxylic acids is 1. The number of benzene rings is 1. The van der Waals surface area contributed by atoms with E-state index >= 15 is 0 Å². The van der Waals surface area contributed by atoms with Crippen LogP contribution < -0.4 is 0 Å². The molecular formula is C13H16Br2O3. The van der Waals surface area contributed by atoms with Crippen LogP contribution in [0.5, 0.6) is 0 Å². The molecule has 0 heterocycles. The summed E-state index contributed by atoms with van der Waals surface area (Å²) in [5, 5.41) is 9.97. The minimum Gasteiger partial charge on any atom is -0.460 e.